The van der Waals surface area contributed by atoms with E-state index in [1.165, 1.54) is 6.33 Å². The third-order valence-corrected chi connectivity index (χ3v) is 5.22. The molecule has 1 amide bonds. The lowest BCUT2D eigenvalue weighted by Crippen LogP contribution is -2.30. The van der Waals surface area contributed by atoms with Gasteiger partial charge in [-0.1, -0.05) is 0 Å². The van der Waals surface area contributed by atoms with Gasteiger partial charge in [-0.3, -0.25) is 19.4 Å². The van der Waals surface area contributed by atoms with Gasteiger partial charge in [0.25, 0.3) is 5.91 Å². The summed E-state index contributed by atoms with van der Waals surface area (Å²) in [6.45, 7) is 1.33. The molecule has 1 N–H and O–H groups in total. The summed E-state index contributed by atoms with van der Waals surface area (Å²) in [5.74, 6) is 0.609. The number of nitrogens with zero attached hydrogens (tertiary/aromatic N) is 6. The van der Waals surface area contributed by atoms with Gasteiger partial charge in [0.05, 0.1) is 23.6 Å². The summed E-state index contributed by atoms with van der Waals surface area (Å²) in [6, 6.07) is 7.66. The van der Waals surface area contributed by atoms with Gasteiger partial charge in [-0.2, -0.15) is 5.10 Å². The van der Waals surface area contributed by atoms with Gasteiger partial charge in [0, 0.05) is 38.0 Å². The van der Waals surface area contributed by atoms with Crippen LogP contribution in [0.25, 0.3) is 28.2 Å². The summed E-state index contributed by atoms with van der Waals surface area (Å²) in [6.07, 6.45) is 7.75. The van der Waals surface area contributed by atoms with Gasteiger partial charge in [-0.05, 0) is 30.7 Å². The van der Waals surface area contributed by atoms with Crippen molar-refractivity contribution in [2.75, 3.05) is 20.2 Å². The predicted octanol–water partition coefficient (Wildman–Crippen LogP) is 2.07. The van der Waals surface area contributed by atoms with Crippen molar-refractivity contribution in [3.8, 4) is 17.2 Å². The normalized spacial score (nSPS) is 16.6. The molecule has 0 bridgehead atoms. The molecule has 0 spiro atoms. The van der Waals surface area contributed by atoms with Crippen LogP contribution in [0.15, 0.2) is 49.2 Å². The van der Waals surface area contributed by atoms with Gasteiger partial charge in [-0.25, -0.2) is 9.97 Å². The maximum Gasteiger partial charge on any atom is 0.255 e. The number of hydrogen-bond donors (Lipinski definition) is 1. The minimum Gasteiger partial charge on any atom is -0.380 e. The summed E-state index contributed by atoms with van der Waals surface area (Å²) in [5, 5.41) is 7.54. The monoisotopic (exact) mass is 389 g/mol. The minimum atomic E-state index is -0.00947. The van der Waals surface area contributed by atoms with Crippen LogP contribution in [0.1, 0.15) is 16.8 Å². The standard InChI is InChI=1S/C20H19N7O2/c1-29-16-5-6-26(11-16)20(28)14-8-13-4-7-27(19(13)22-9-14)15-2-3-17(21-10-15)18-23-12-24-25-18/h2-4,7-10,12,16H,5-6,11H2,1H3,(H,23,24,25)/t16-/m1/s1. The van der Waals surface area contributed by atoms with E-state index in [9.17, 15) is 4.79 Å². The molecular weight excluding hydrogens is 370 g/mol. The molecule has 0 saturated carbocycles. The van der Waals surface area contributed by atoms with Crippen molar-refractivity contribution in [1.29, 1.82) is 0 Å². The van der Waals surface area contributed by atoms with Gasteiger partial charge in [0.1, 0.15) is 17.7 Å². The number of aromatic amines is 1. The number of fused-ring (bicyclic) bond motifs is 1. The van der Waals surface area contributed by atoms with Gasteiger partial charge in [0.15, 0.2) is 5.82 Å². The zero-order valence-electron chi connectivity index (χ0n) is 15.8. The van der Waals surface area contributed by atoms with Crippen molar-refractivity contribution in [2.24, 2.45) is 0 Å². The van der Waals surface area contributed by atoms with Crippen molar-refractivity contribution < 1.29 is 9.53 Å². The Morgan fingerprint density at radius 3 is 2.86 bits per heavy atom. The van der Waals surface area contributed by atoms with Crippen molar-refractivity contribution in [3.63, 3.8) is 0 Å². The fourth-order valence-corrected chi connectivity index (χ4v) is 3.63. The highest BCUT2D eigenvalue weighted by molar-refractivity contribution is 5.97. The number of ether oxygens (including phenoxy) is 1. The molecular formula is C20H19N7O2. The Hall–Kier alpha value is -3.59. The topological polar surface area (TPSA) is 102 Å². The highest BCUT2D eigenvalue weighted by atomic mass is 16.5. The smallest absolute Gasteiger partial charge is 0.255 e. The van der Waals surface area contributed by atoms with Crippen molar-refractivity contribution in [3.05, 3.63) is 54.7 Å². The zero-order chi connectivity index (χ0) is 19.8. The molecule has 1 atom stereocenters. The van der Waals surface area contributed by atoms with E-state index in [4.69, 9.17) is 4.74 Å². The molecule has 9 nitrogen and oxygen atoms in total. The molecule has 9 heteroatoms. The molecule has 29 heavy (non-hydrogen) atoms. The first kappa shape index (κ1) is 17.5. The van der Waals surface area contributed by atoms with Gasteiger partial charge in [-0.15, -0.1) is 0 Å². The Balaban J connectivity index is 1.41. The maximum absolute atomic E-state index is 12.8. The third kappa shape index (κ3) is 3.15. The summed E-state index contributed by atoms with van der Waals surface area (Å²) in [7, 11) is 1.68. The average molecular weight is 389 g/mol. The summed E-state index contributed by atoms with van der Waals surface area (Å²) in [4.78, 5) is 27.7. The first-order chi connectivity index (χ1) is 14.2. The van der Waals surface area contributed by atoms with Gasteiger partial charge >= 0.3 is 0 Å². The average Bonchev–Trinajstić information content (AvgIpc) is 3.53. The number of amides is 1. The quantitative estimate of drug-likeness (QED) is 0.573. The van der Waals surface area contributed by atoms with Crippen LogP contribution in [0.5, 0.6) is 0 Å². The number of nitrogens with one attached hydrogen (secondary N) is 1. The van der Waals surface area contributed by atoms with Crippen molar-refractivity contribution in [1.82, 2.24) is 34.6 Å². The Morgan fingerprint density at radius 1 is 1.21 bits per heavy atom. The zero-order valence-corrected chi connectivity index (χ0v) is 15.8. The van der Waals surface area contributed by atoms with Crippen molar-refractivity contribution in [2.45, 2.75) is 12.5 Å². The van der Waals surface area contributed by atoms with Gasteiger partial charge < -0.3 is 9.64 Å². The maximum atomic E-state index is 12.8. The first-order valence-electron chi connectivity index (χ1n) is 9.34. The summed E-state index contributed by atoms with van der Waals surface area (Å²) in [5.41, 5.74) is 2.94. The Bertz CT molecular complexity index is 1150. The second kappa shape index (κ2) is 7.10. The largest absolute Gasteiger partial charge is 0.380 e. The molecule has 4 aromatic rings. The van der Waals surface area contributed by atoms with E-state index in [0.29, 0.717) is 30.2 Å². The molecule has 0 unspecified atom stereocenters. The SMILES string of the molecule is CO[C@@H]1CCN(C(=O)c2cnc3c(ccn3-c3ccc(-c4ncn[nH]4)nc3)c2)C1. The first-order valence-corrected chi connectivity index (χ1v) is 9.34. The van der Waals surface area contributed by atoms with Crippen LogP contribution >= 0.6 is 0 Å². The number of hydrogen-bond acceptors (Lipinski definition) is 6. The van der Waals surface area contributed by atoms with E-state index < -0.39 is 0 Å². The highest BCUT2D eigenvalue weighted by Gasteiger charge is 2.27. The summed E-state index contributed by atoms with van der Waals surface area (Å²) < 4.78 is 7.30. The van der Waals surface area contributed by atoms with E-state index in [1.54, 1.807) is 19.5 Å². The van der Waals surface area contributed by atoms with Crippen LogP contribution in [0.2, 0.25) is 0 Å². The van der Waals surface area contributed by atoms with Crippen LogP contribution in [0.3, 0.4) is 0 Å². The number of aromatic nitrogens is 6. The van der Waals surface area contributed by atoms with Crippen LogP contribution in [0, 0.1) is 0 Å². The van der Waals surface area contributed by atoms with E-state index in [1.807, 2.05) is 39.9 Å². The molecule has 4 aromatic heterocycles. The number of carbonyl (C=O) groups excluding carboxylic acids is 1. The Morgan fingerprint density at radius 2 is 2.14 bits per heavy atom. The lowest BCUT2D eigenvalue weighted by molar-refractivity contribution is 0.0724. The second-order valence-electron chi connectivity index (χ2n) is 6.96. The van der Waals surface area contributed by atoms with Crippen LogP contribution < -0.4 is 0 Å². The van der Waals surface area contributed by atoms with E-state index in [0.717, 1.165) is 23.1 Å². The fourth-order valence-electron chi connectivity index (χ4n) is 3.63. The molecule has 5 heterocycles. The molecule has 0 radical (unpaired) electrons. The lowest BCUT2D eigenvalue weighted by atomic mass is 10.2. The highest BCUT2D eigenvalue weighted by Crippen LogP contribution is 2.22. The minimum absolute atomic E-state index is 0.00947. The lowest BCUT2D eigenvalue weighted by Gasteiger charge is -2.16. The number of carbonyl (C=O) groups is 1. The number of methoxy groups -OCH3 is 1. The Labute approximate surface area is 166 Å². The molecule has 1 aliphatic heterocycles. The molecule has 0 aliphatic carbocycles. The fraction of sp³-hybridized carbons (Fsp3) is 0.250. The van der Waals surface area contributed by atoms with E-state index >= 15 is 0 Å². The molecule has 1 fully saturated rings. The van der Waals surface area contributed by atoms with Crippen molar-refractivity contribution >= 4 is 16.9 Å². The Kier molecular flexibility index (Phi) is 4.28. The summed E-state index contributed by atoms with van der Waals surface area (Å²) >= 11 is 0. The number of H-pyrrole nitrogens is 1. The third-order valence-electron chi connectivity index (χ3n) is 5.22. The molecule has 146 valence electrons. The van der Waals surface area contributed by atoms with E-state index in [-0.39, 0.29) is 12.0 Å². The number of rotatable bonds is 4. The predicted molar refractivity (Wildman–Crippen MR) is 106 cm³/mol. The molecule has 1 saturated heterocycles. The molecule has 0 aromatic carbocycles. The van der Waals surface area contributed by atoms with Crippen LogP contribution in [0.4, 0.5) is 0 Å². The van der Waals surface area contributed by atoms with E-state index in [2.05, 4.69) is 25.1 Å². The van der Waals surface area contributed by atoms with Crippen LogP contribution in [-0.2, 0) is 4.74 Å². The number of likely N-dealkylation sites (tertiary alicyclic amines) is 1. The molecule has 1 aliphatic rings. The van der Waals surface area contributed by atoms with Crippen LogP contribution in [-0.4, -0.2) is 66.8 Å². The second-order valence-corrected chi connectivity index (χ2v) is 6.96. The number of pyridine rings is 2. The molecule has 5 rings (SSSR count). The van der Waals surface area contributed by atoms with Gasteiger partial charge in [0.2, 0.25) is 0 Å².